The van der Waals surface area contributed by atoms with Gasteiger partial charge in [0, 0.05) is 11.6 Å². The summed E-state index contributed by atoms with van der Waals surface area (Å²) in [6, 6.07) is 20.8. The highest BCUT2D eigenvalue weighted by Crippen LogP contribution is 2.50. The third-order valence-electron chi connectivity index (χ3n) is 5.54. The van der Waals surface area contributed by atoms with E-state index in [1.165, 1.54) is 0 Å². The Labute approximate surface area is 170 Å². The minimum Gasteiger partial charge on any atom is -0.497 e. The number of aliphatic hydroxyl groups is 1. The smallest absolute Gasteiger partial charge is 0.129 e. The van der Waals surface area contributed by atoms with Crippen molar-refractivity contribution < 1.29 is 24.1 Å². The quantitative estimate of drug-likeness (QED) is 0.708. The van der Waals surface area contributed by atoms with Crippen LogP contribution in [0.3, 0.4) is 0 Å². The van der Waals surface area contributed by atoms with E-state index in [2.05, 4.69) is 0 Å². The lowest BCUT2D eigenvalue weighted by Gasteiger charge is -2.42. The maximum atomic E-state index is 12.2. The van der Waals surface area contributed by atoms with Crippen molar-refractivity contribution in [2.24, 2.45) is 0 Å². The van der Waals surface area contributed by atoms with Crippen molar-refractivity contribution in [1.82, 2.24) is 0 Å². The van der Waals surface area contributed by atoms with E-state index in [-0.39, 0.29) is 5.92 Å². The lowest BCUT2D eigenvalue weighted by atomic mass is 9.71. The maximum Gasteiger partial charge on any atom is 0.129 e. The van der Waals surface area contributed by atoms with Crippen LogP contribution >= 0.6 is 0 Å². The molecule has 0 spiro atoms. The SMILES string of the molecule is COc1ccc(C2COc3cc(OC)ccc3C2(O)c2cccc(OC)c2)cc1. The van der Waals surface area contributed by atoms with E-state index in [1.54, 1.807) is 21.3 Å². The zero-order valence-electron chi connectivity index (χ0n) is 16.7. The predicted molar refractivity (Wildman–Crippen MR) is 110 cm³/mol. The first-order chi connectivity index (χ1) is 14.1. The lowest BCUT2D eigenvalue weighted by Crippen LogP contribution is -2.41. The van der Waals surface area contributed by atoms with Crippen molar-refractivity contribution in [1.29, 1.82) is 0 Å². The molecule has 4 rings (SSSR count). The molecular weight excluding hydrogens is 368 g/mol. The maximum absolute atomic E-state index is 12.2. The first-order valence-electron chi connectivity index (χ1n) is 9.42. The van der Waals surface area contributed by atoms with Gasteiger partial charge < -0.3 is 24.1 Å². The molecule has 1 aliphatic rings. The van der Waals surface area contributed by atoms with Crippen molar-refractivity contribution in [3.8, 4) is 23.0 Å². The summed E-state index contributed by atoms with van der Waals surface area (Å²) in [5.41, 5.74) is 1.09. The Hall–Kier alpha value is -3.18. The number of hydrogen-bond acceptors (Lipinski definition) is 5. The van der Waals surface area contributed by atoms with Gasteiger partial charge in [-0.1, -0.05) is 24.3 Å². The number of methoxy groups -OCH3 is 3. The Bertz CT molecular complexity index is 998. The van der Waals surface area contributed by atoms with Crippen molar-refractivity contribution in [2.45, 2.75) is 11.5 Å². The molecule has 29 heavy (non-hydrogen) atoms. The zero-order chi connectivity index (χ0) is 20.4. The summed E-state index contributed by atoms with van der Waals surface area (Å²) in [6.07, 6.45) is 0. The molecule has 5 heteroatoms. The number of fused-ring (bicyclic) bond motifs is 1. The first-order valence-corrected chi connectivity index (χ1v) is 9.42. The van der Waals surface area contributed by atoms with Crippen molar-refractivity contribution >= 4 is 0 Å². The Morgan fingerprint density at radius 2 is 1.48 bits per heavy atom. The molecule has 0 radical (unpaired) electrons. The van der Waals surface area contributed by atoms with E-state index in [0.29, 0.717) is 29.4 Å². The molecule has 5 nitrogen and oxygen atoms in total. The Morgan fingerprint density at radius 1 is 0.828 bits per heavy atom. The van der Waals surface area contributed by atoms with Crippen LogP contribution in [0.15, 0.2) is 66.7 Å². The second-order valence-electron chi connectivity index (χ2n) is 7.00. The van der Waals surface area contributed by atoms with Crippen LogP contribution in [-0.4, -0.2) is 33.0 Å². The molecule has 0 amide bonds. The minimum absolute atomic E-state index is 0.318. The van der Waals surface area contributed by atoms with Gasteiger partial charge in [0.25, 0.3) is 0 Å². The molecule has 0 aliphatic carbocycles. The van der Waals surface area contributed by atoms with E-state index in [0.717, 1.165) is 16.9 Å². The summed E-state index contributed by atoms with van der Waals surface area (Å²) in [5, 5.41) is 12.2. The Balaban J connectivity index is 1.90. The summed E-state index contributed by atoms with van der Waals surface area (Å²) in [6.45, 7) is 0.320. The Kier molecular flexibility index (Phi) is 5.07. The van der Waals surface area contributed by atoms with Gasteiger partial charge in [0.1, 0.15) is 28.6 Å². The lowest BCUT2D eigenvalue weighted by molar-refractivity contribution is 0.0104. The van der Waals surface area contributed by atoms with Crippen LogP contribution in [0.1, 0.15) is 22.6 Å². The van der Waals surface area contributed by atoms with E-state index in [4.69, 9.17) is 18.9 Å². The fourth-order valence-corrected chi connectivity index (χ4v) is 3.94. The van der Waals surface area contributed by atoms with Crippen LogP contribution in [0.2, 0.25) is 0 Å². The molecule has 1 heterocycles. The van der Waals surface area contributed by atoms with E-state index < -0.39 is 5.60 Å². The van der Waals surface area contributed by atoms with Gasteiger partial charge in [-0.2, -0.15) is 0 Å². The predicted octanol–water partition coefficient (Wildman–Crippen LogP) is 4.12. The number of benzene rings is 3. The van der Waals surface area contributed by atoms with Gasteiger partial charge in [-0.05, 0) is 47.5 Å². The van der Waals surface area contributed by atoms with Gasteiger partial charge in [0.05, 0.1) is 33.9 Å². The molecule has 0 saturated carbocycles. The number of hydrogen-bond donors (Lipinski definition) is 1. The summed E-state index contributed by atoms with van der Waals surface area (Å²) < 4.78 is 22.1. The van der Waals surface area contributed by atoms with Crippen molar-refractivity contribution in [3.05, 3.63) is 83.4 Å². The molecule has 3 aromatic carbocycles. The van der Waals surface area contributed by atoms with Crippen molar-refractivity contribution in [3.63, 3.8) is 0 Å². The molecule has 3 aromatic rings. The fraction of sp³-hybridized carbons (Fsp3) is 0.250. The average Bonchev–Trinajstić information content (AvgIpc) is 2.79. The zero-order valence-corrected chi connectivity index (χ0v) is 16.7. The van der Waals surface area contributed by atoms with Gasteiger partial charge in [0.15, 0.2) is 0 Å². The minimum atomic E-state index is -1.30. The Morgan fingerprint density at radius 3 is 2.17 bits per heavy atom. The fourth-order valence-electron chi connectivity index (χ4n) is 3.94. The highest BCUT2D eigenvalue weighted by Gasteiger charge is 2.46. The summed E-state index contributed by atoms with van der Waals surface area (Å²) in [7, 11) is 4.86. The molecule has 0 fully saturated rings. The van der Waals surface area contributed by atoms with Crippen LogP contribution < -0.4 is 18.9 Å². The highest BCUT2D eigenvalue weighted by molar-refractivity contribution is 5.54. The molecule has 2 unspecified atom stereocenters. The van der Waals surface area contributed by atoms with Gasteiger partial charge in [-0.25, -0.2) is 0 Å². The molecule has 0 bridgehead atoms. The van der Waals surface area contributed by atoms with E-state index in [1.807, 2.05) is 66.7 Å². The van der Waals surface area contributed by atoms with Gasteiger partial charge in [-0.3, -0.25) is 0 Å². The van der Waals surface area contributed by atoms with Gasteiger partial charge >= 0.3 is 0 Å². The number of rotatable bonds is 5. The van der Waals surface area contributed by atoms with E-state index in [9.17, 15) is 5.11 Å². The third-order valence-corrected chi connectivity index (χ3v) is 5.54. The summed E-state index contributed by atoms with van der Waals surface area (Å²) in [5.74, 6) is 2.42. The second-order valence-corrected chi connectivity index (χ2v) is 7.00. The monoisotopic (exact) mass is 392 g/mol. The molecule has 1 aliphatic heterocycles. The molecule has 1 N–H and O–H groups in total. The average molecular weight is 392 g/mol. The van der Waals surface area contributed by atoms with E-state index >= 15 is 0 Å². The first kappa shape index (κ1) is 19.2. The third kappa shape index (κ3) is 3.28. The highest BCUT2D eigenvalue weighted by atomic mass is 16.5. The van der Waals surface area contributed by atoms with Crippen LogP contribution in [0.5, 0.6) is 23.0 Å². The normalized spacial score (nSPS) is 20.3. The summed E-state index contributed by atoms with van der Waals surface area (Å²) >= 11 is 0. The van der Waals surface area contributed by atoms with Crippen molar-refractivity contribution in [2.75, 3.05) is 27.9 Å². The molecule has 0 aromatic heterocycles. The van der Waals surface area contributed by atoms with Gasteiger partial charge in [0.2, 0.25) is 0 Å². The molecule has 2 atom stereocenters. The second kappa shape index (κ2) is 7.68. The summed E-state index contributed by atoms with van der Waals surface area (Å²) in [4.78, 5) is 0. The largest absolute Gasteiger partial charge is 0.497 e. The van der Waals surface area contributed by atoms with Gasteiger partial charge in [-0.15, -0.1) is 0 Å². The number of ether oxygens (including phenoxy) is 4. The topological polar surface area (TPSA) is 57.2 Å². The molecule has 0 saturated heterocycles. The van der Waals surface area contributed by atoms with Crippen LogP contribution in [-0.2, 0) is 5.60 Å². The van der Waals surface area contributed by atoms with Crippen LogP contribution in [0, 0.1) is 0 Å². The standard InChI is InChI=1S/C24H24O5/c1-26-18-9-7-16(8-10-18)22-15-29-23-14-20(28-3)11-12-21(23)24(22,25)17-5-4-6-19(13-17)27-2/h4-14,22,25H,15H2,1-3H3. The molecule has 150 valence electrons. The molecular formula is C24H24O5. The van der Waals surface area contributed by atoms with Crippen LogP contribution in [0.4, 0.5) is 0 Å². The van der Waals surface area contributed by atoms with Crippen LogP contribution in [0.25, 0.3) is 0 Å².